The highest BCUT2D eigenvalue weighted by Crippen LogP contribution is 2.32. The Labute approximate surface area is 149 Å². The zero-order valence-electron chi connectivity index (χ0n) is 15.4. The Morgan fingerprint density at radius 3 is 2.80 bits per heavy atom. The van der Waals surface area contributed by atoms with E-state index in [0.717, 1.165) is 25.7 Å². The van der Waals surface area contributed by atoms with Gasteiger partial charge in [0.05, 0.1) is 19.6 Å². The van der Waals surface area contributed by atoms with Gasteiger partial charge >= 0.3 is 0 Å². The van der Waals surface area contributed by atoms with Crippen LogP contribution in [0.15, 0.2) is 24.3 Å². The molecule has 6 nitrogen and oxygen atoms in total. The largest absolute Gasteiger partial charge is 0.497 e. The van der Waals surface area contributed by atoms with Gasteiger partial charge in [-0.25, -0.2) is 0 Å². The van der Waals surface area contributed by atoms with E-state index in [-0.39, 0.29) is 24.3 Å². The lowest BCUT2D eigenvalue weighted by molar-refractivity contribution is -0.141. The number of nitrogens with one attached hydrogen (secondary N) is 1. The maximum atomic E-state index is 12.9. The van der Waals surface area contributed by atoms with Crippen molar-refractivity contribution in [1.82, 2.24) is 4.90 Å². The number of nitrogens with zero attached hydrogens (tertiary/aromatic N) is 1. The van der Waals surface area contributed by atoms with Crippen molar-refractivity contribution >= 4 is 17.5 Å². The SMILES string of the molecule is CCN(CC(=O)Nc1cccc(OC)c1)C(=O)C1CCCCC1(C)N. The molecule has 1 aromatic rings. The van der Waals surface area contributed by atoms with Gasteiger partial charge in [-0.05, 0) is 38.8 Å². The molecule has 138 valence electrons. The fourth-order valence-electron chi connectivity index (χ4n) is 3.40. The fourth-order valence-corrected chi connectivity index (χ4v) is 3.40. The number of methoxy groups -OCH3 is 1. The third-order valence-corrected chi connectivity index (χ3v) is 4.93. The van der Waals surface area contributed by atoms with Crippen molar-refractivity contribution in [2.24, 2.45) is 11.7 Å². The molecule has 0 aromatic heterocycles. The van der Waals surface area contributed by atoms with Crippen LogP contribution in [0.2, 0.25) is 0 Å². The summed E-state index contributed by atoms with van der Waals surface area (Å²) in [5.41, 5.74) is 6.49. The standard InChI is InChI=1S/C19H29N3O3/c1-4-22(18(24)16-10-5-6-11-19(16,2)20)13-17(23)21-14-8-7-9-15(12-14)25-3/h7-9,12,16H,4-6,10-11,13,20H2,1-3H3,(H,21,23). The van der Waals surface area contributed by atoms with Crippen LogP contribution in [0.3, 0.4) is 0 Å². The maximum Gasteiger partial charge on any atom is 0.243 e. The minimum atomic E-state index is -0.494. The van der Waals surface area contributed by atoms with Crippen LogP contribution in [0.5, 0.6) is 5.75 Å². The summed E-state index contributed by atoms with van der Waals surface area (Å²) in [5, 5.41) is 2.82. The average Bonchev–Trinajstić information content (AvgIpc) is 2.59. The highest BCUT2D eigenvalue weighted by atomic mass is 16.5. The summed E-state index contributed by atoms with van der Waals surface area (Å²) in [6.07, 6.45) is 3.70. The Kier molecular flexibility index (Phi) is 6.42. The summed E-state index contributed by atoms with van der Waals surface area (Å²) in [5.74, 6) is 0.208. The van der Waals surface area contributed by atoms with Crippen molar-refractivity contribution in [2.75, 3.05) is 25.5 Å². The van der Waals surface area contributed by atoms with Gasteiger partial charge in [-0.2, -0.15) is 0 Å². The Bertz CT molecular complexity index is 616. The molecule has 0 saturated heterocycles. The molecule has 0 radical (unpaired) electrons. The summed E-state index contributed by atoms with van der Waals surface area (Å²) in [4.78, 5) is 26.8. The minimum absolute atomic E-state index is 0.0204. The van der Waals surface area contributed by atoms with Gasteiger partial charge in [-0.1, -0.05) is 18.9 Å². The Balaban J connectivity index is 2.00. The van der Waals surface area contributed by atoms with Gasteiger partial charge < -0.3 is 20.7 Å². The van der Waals surface area contributed by atoms with Gasteiger partial charge in [0, 0.05) is 23.8 Å². The highest BCUT2D eigenvalue weighted by Gasteiger charge is 2.39. The van der Waals surface area contributed by atoms with Crippen LogP contribution in [-0.2, 0) is 9.59 Å². The molecule has 0 bridgehead atoms. The van der Waals surface area contributed by atoms with E-state index < -0.39 is 5.54 Å². The lowest BCUT2D eigenvalue weighted by atomic mass is 9.74. The number of anilines is 1. The topological polar surface area (TPSA) is 84.7 Å². The van der Waals surface area contributed by atoms with Gasteiger partial charge in [0.15, 0.2) is 0 Å². The summed E-state index contributed by atoms with van der Waals surface area (Å²) < 4.78 is 5.15. The molecule has 0 heterocycles. The second-order valence-corrected chi connectivity index (χ2v) is 6.94. The van der Waals surface area contributed by atoms with E-state index in [1.807, 2.05) is 19.9 Å². The first-order valence-corrected chi connectivity index (χ1v) is 8.89. The molecule has 1 saturated carbocycles. The Hall–Kier alpha value is -2.08. The smallest absolute Gasteiger partial charge is 0.243 e. The van der Waals surface area contributed by atoms with Crippen LogP contribution < -0.4 is 15.8 Å². The van der Waals surface area contributed by atoms with E-state index in [1.54, 1.807) is 30.2 Å². The molecule has 6 heteroatoms. The molecule has 2 unspecified atom stereocenters. The van der Waals surface area contributed by atoms with Crippen LogP contribution in [0.4, 0.5) is 5.69 Å². The van der Waals surface area contributed by atoms with Crippen LogP contribution in [-0.4, -0.2) is 42.5 Å². The van der Waals surface area contributed by atoms with Crippen molar-refractivity contribution in [3.63, 3.8) is 0 Å². The predicted octanol–water partition coefficient (Wildman–Crippen LogP) is 2.39. The van der Waals surface area contributed by atoms with E-state index in [2.05, 4.69) is 5.32 Å². The molecule has 1 fully saturated rings. The van der Waals surface area contributed by atoms with Crippen molar-refractivity contribution in [1.29, 1.82) is 0 Å². The van der Waals surface area contributed by atoms with E-state index in [0.29, 0.717) is 18.0 Å². The average molecular weight is 347 g/mol. The summed E-state index contributed by atoms with van der Waals surface area (Å²) in [7, 11) is 1.58. The number of benzene rings is 1. The van der Waals surface area contributed by atoms with E-state index in [9.17, 15) is 9.59 Å². The number of rotatable bonds is 6. The predicted molar refractivity (Wildman–Crippen MR) is 98.4 cm³/mol. The number of hydrogen-bond acceptors (Lipinski definition) is 4. The lowest BCUT2D eigenvalue weighted by Crippen LogP contribution is -2.54. The minimum Gasteiger partial charge on any atom is -0.497 e. The highest BCUT2D eigenvalue weighted by molar-refractivity contribution is 5.95. The summed E-state index contributed by atoms with van der Waals surface area (Å²) in [6, 6.07) is 7.15. The van der Waals surface area contributed by atoms with Crippen LogP contribution in [0.1, 0.15) is 39.5 Å². The molecule has 2 amide bonds. The quantitative estimate of drug-likeness (QED) is 0.827. The lowest BCUT2D eigenvalue weighted by Gasteiger charge is -2.39. The number of amides is 2. The van der Waals surface area contributed by atoms with E-state index >= 15 is 0 Å². The molecule has 1 aliphatic carbocycles. The van der Waals surface area contributed by atoms with Crippen LogP contribution in [0.25, 0.3) is 0 Å². The van der Waals surface area contributed by atoms with Crippen molar-refractivity contribution in [3.05, 3.63) is 24.3 Å². The number of nitrogens with two attached hydrogens (primary N) is 1. The number of carbonyl (C=O) groups is 2. The zero-order valence-corrected chi connectivity index (χ0v) is 15.4. The number of ether oxygens (including phenoxy) is 1. The zero-order chi connectivity index (χ0) is 18.4. The first kappa shape index (κ1) is 19.2. The van der Waals surface area contributed by atoms with Crippen molar-refractivity contribution in [2.45, 2.75) is 45.1 Å². The third kappa shape index (κ3) is 4.95. The normalized spacial score (nSPS) is 23.0. The van der Waals surface area contributed by atoms with Gasteiger partial charge in [-0.15, -0.1) is 0 Å². The summed E-state index contributed by atoms with van der Waals surface area (Å²) >= 11 is 0. The molecule has 0 aliphatic heterocycles. The number of hydrogen-bond donors (Lipinski definition) is 2. The number of likely N-dealkylation sites (N-methyl/N-ethyl adjacent to an activating group) is 1. The molecule has 2 rings (SSSR count). The molecule has 3 N–H and O–H groups in total. The molecule has 0 spiro atoms. The molecular weight excluding hydrogens is 318 g/mol. The summed E-state index contributed by atoms with van der Waals surface area (Å²) in [6.45, 7) is 4.34. The number of carbonyl (C=O) groups excluding carboxylic acids is 2. The Morgan fingerprint density at radius 1 is 1.40 bits per heavy atom. The van der Waals surface area contributed by atoms with Gasteiger partial charge in [0.25, 0.3) is 0 Å². The third-order valence-electron chi connectivity index (χ3n) is 4.93. The molecule has 2 atom stereocenters. The molecule has 1 aliphatic rings. The van der Waals surface area contributed by atoms with Crippen LogP contribution in [0, 0.1) is 5.92 Å². The molecule has 1 aromatic carbocycles. The second kappa shape index (κ2) is 8.34. The van der Waals surface area contributed by atoms with Gasteiger partial charge in [0.1, 0.15) is 5.75 Å². The Morgan fingerprint density at radius 2 is 2.16 bits per heavy atom. The van der Waals surface area contributed by atoms with Crippen LogP contribution >= 0.6 is 0 Å². The van der Waals surface area contributed by atoms with Crippen molar-refractivity contribution in [3.8, 4) is 5.75 Å². The van der Waals surface area contributed by atoms with Crippen molar-refractivity contribution < 1.29 is 14.3 Å². The fraction of sp³-hybridized carbons (Fsp3) is 0.579. The second-order valence-electron chi connectivity index (χ2n) is 6.94. The molecule has 25 heavy (non-hydrogen) atoms. The van der Waals surface area contributed by atoms with E-state index in [1.165, 1.54) is 0 Å². The maximum absolute atomic E-state index is 12.9. The van der Waals surface area contributed by atoms with Gasteiger partial charge in [-0.3, -0.25) is 9.59 Å². The van der Waals surface area contributed by atoms with Gasteiger partial charge in [0.2, 0.25) is 11.8 Å². The first-order valence-electron chi connectivity index (χ1n) is 8.89. The first-order chi connectivity index (χ1) is 11.9. The van der Waals surface area contributed by atoms with E-state index in [4.69, 9.17) is 10.5 Å². The molecular formula is C19H29N3O3. The monoisotopic (exact) mass is 347 g/mol.